The molecular weight excluding hydrogens is 442 g/mol. The number of para-hydroxylation sites is 1. The van der Waals surface area contributed by atoms with E-state index in [1.807, 2.05) is 48.2 Å². The molecule has 1 saturated heterocycles. The lowest BCUT2D eigenvalue weighted by Gasteiger charge is -2.27. The van der Waals surface area contributed by atoms with Crippen LogP contribution in [0.1, 0.15) is 40.6 Å². The van der Waals surface area contributed by atoms with Gasteiger partial charge in [-0.15, -0.1) is 0 Å². The molecule has 0 saturated carbocycles. The third-order valence-electron chi connectivity index (χ3n) is 6.63. The molecule has 0 radical (unpaired) electrons. The van der Waals surface area contributed by atoms with Gasteiger partial charge in [0.05, 0.1) is 36.9 Å². The van der Waals surface area contributed by atoms with Gasteiger partial charge in [0, 0.05) is 23.7 Å². The number of rotatable bonds is 5. The molecule has 0 spiro atoms. The van der Waals surface area contributed by atoms with Crippen molar-refractivity contribution in [2.24, 2.45) is 0 Å². The van der Waals surface area contributed by atoms with Gasteiger partial charge in [-0.3, -0.25) is 14.2 Å². The number of ether oxygens (including phenoxy) is 2. The van der Waals surface area contributed by atoms with E-state index in [0.717, 1.165) is 18.4 Å². The molecule has 0 aliphatic carbocycles. The molecule has 35 heavy (non-hydrogen) atoms. The third kappa shape index (κ3) is 4.03. The van der Waals surface area contributed by atoms with Crippen LogP contribution in [0.25, 0.3) is 16.6 Å². The zero-order valence-electron chi connectivity index (χ0n) is 20.0. The summed E-state index contributed by atoms with van der Waals surface area (Å²) in [5.41, 5.74) is 2.77. The molecule has 7 heteroatoms. The summed E-state index contributed by atoms with van der Waals surface area (Å²) in [6, 6.07) is 20.1. The molecule has 0 unspecified atom stereocenters. The molecule has 1 aromatic heterocycles. The van der Waals surface area contributed by atoms with Crippen LogP contribution >= 0.6 is 0 Å². The maximum absolute atomic E-state index is 13.5. The molecular formula is C28H27N3O4. The van der Waals surface area contributed by atoms with E-state index in [0.29, 0.717) is 46.0 Å². The van der Waals surface area contributed by atoms with Gasteiger partial charge in [-0.2, -0.15) is 0 Å². The number of carbonyl (C=O) groups excluding carboxylic acids is 1. The van der Waals surface area contributed by atoms with E-state index >= 15 is 0 Å². The van der Waals surface area contributed by atoms with Gasteiger partial charge >= 0.3 is 0 Å². The van der Waals surface area contributed by atoms with Crippen molar-refractivity contribution in [3.8, 4) is 17.2 Å². The van der Waals surface area contributed by atoms with E-state index in [2.05, 4.69) is 4.98 Å². The molecule has 7 nitrogen and oxygen atoms in total. The lowest BCUT2D eigenvalue weighted by molar-refractivity contribution is 0.0734. The van der Waals surface area contributed by atoms with Gasteiger partial charge in [0.2, 0.25) is 0 Å². The van der Waals surface area contributed by atoms with Crippen molar-refractivity contribution in [2.75, 3.05) is 20.8 Å². The fraction of sp³-hybridized carbons (Fsp3) is 0.250. The molecule has 1 aliphatic heterocycles. The Morgan fingerprint density at radius 2 is 1.77 bits per heavy atom. The van der Waals surface area contributed by atoms with Gasteiger partial charge in [-0.05, 0) is 68.3 Å². The summed E-state index contributed by atoms with van der Waals surface area (Å²) in [5.74, 6) is 1.98. The number of likely N-dealkylation sites (tertiary alicyclic amines) is 1. The monoisotopic (exact) mass is 469 g/mol. The number of hydrogen-bond acceptors (Lipinski definition) is 5. The maximum Gasteiger partial charge on any atom is 0.265 e. The minimum Gasteiger partial charge on any atom is -0.497 e. The second-order valence-corrected chi connectivity index (χ2v) is 8.63. The summed E-state index contributed by atoms with van der Waals surface area (Å²) in [5, 5.41) is 0.562. The van der Waals surface area contributed by atoms with Crippen LogP contribution in [-0.4, -0.2) is 41.1 Å². The van der Waals surface area contributed by atoms with Crippen molar-refractivity contribution in [3.63, 3.8) is 0 Å². The first-order chi connectivity index (χ1) is 17.0. The van der Waals surface area contributed by atoms with E-state index in [1.165, 1.54) is 0 Å². The highest BCUT2D eigenvalue weighted by Gasteiger charge is 2.32. The highest BCUT2D eigenvalue weighted by molar-refractivity contribution is 5.95. The molecule has 0 bridgehead atoms. The lowest BCUT2D eigenvalue weighted by Crippen LogP contribution is -2.30. The number of aromatic nitrogens is 2. The Morgan fingerprint density at radius 3 is 2.51 bits per heavy atom. The van der Waals surface area contributed by atoms with Crippen LogP contribution in [0.15, 0.2) is 71.5 Å². The molecule has 1 aliphatic rings. The number of hydrogen-bond donors (Lipinski definition) is 0. The summed E-state index contributed by atoms with van der Waals surface area (Å²) < 4.78 is 12.5. The predicted molar refractivity (Wildman–Crippen MR) is 135 cm³/mol. The number of carbonyl (C=O) groups is 1. The fourth-order valence-electron chi connectivity index (χ4n) is 4.89. The third-order valence-corrected chi connectivity index (χ3v) is 6.63. The number of nitrogens with zero attached hydrogens (tertiary/aromatic N) is 3. The first-order valence-corrected chi connectivity index (χ1v) is 11.6. The zero-order chi connectivity index (χ0) is 24.5. The Kier molecular flexibility index (Phi) is 5.99. The van der Waals surface area contributed by atoms with E-state index < -0.39 is 0 Å². The Balaban J connectivity index is 1.45. The number of methoxy groups -OCH3 is 2. The minimum atomic E-state index is -0.126. The second-order valence-electron chi connectivity index (χ2n) is 8.63. The largest absolute Gasteiger partial charge is 0.497 e. The Hall–Kier alpha value is -4.13. The van der Waals surface area contributed by atoms with Crippen molar-refractivity contribution in [3.05, 3.63) is 94.0 Å². The summed E-state index contributed by atoms with van der Waals surface area (Å²) in [4.78, 5) is 33.1. The quantitative estimate of drug-likeness (QED) is 0.424. The maximum atomic E-state index is 13.5. The van der Waals surface area contributed by atoms with E-state index in [1.54, 1.807) is 49.1 Å². The van der Waals surface area contributed by atoms with E-state index in [9.17, 15) is 9.59 Å². The first kappa shape index (κ1) is 22.7. The van der Waals surface area contributed by atoms with Crippen LogP contribution in [0.4, 0.5) is 0 Å². The van der Waals surface area contributed by atoms with Crippen molar-refractivity contribution in [1.29, 1.82) is 0 Å². The van der Waals surface area contributed by atoms with Crippen LogP contribution in [0.5, 0.6) is 11.5 Å². The average Bonchev–Trinajstić information content (AvgIpc) is 3.38. The molecule has 2 heterocycles. The van der Waals surface area contributed by atoms with Gasteiger partial charge in [-0.25, -0.2) is 4.98 Å². The standard InChI is InChI=1S/C28H27N3O4/c1-18-29-24-8-5-4-7-22(24)28(33)31(18)20-12-10-19(11-13-20)27(32)30-16-6-9-25(30)23-15-14-21(34-2)17-26(23)35-3/h4-5,7-8,10-15,17,25H,6,9,16H2,1-3H3/t25-/m0/s1. The van der Waals surface area contributed by atoms with Gasteiger partial charge < -0.3 is 14.4 Å². The molecule has 1 atom stereocenters. The highest BCUT2D eigenvalue weighted by Crippen LogP contribution is 2.39. The van der Waals surface area contributed by atoms with E-state index in [-0.39, 0.29) is 17.5 Å². The smallest absolute Gasteiger partial charge is 0.265 e. The SMILES string of the molecule is COc1ccc([C@@H]2CCCN2C(=O)c2ccc(-n3c(C)nc4ccccc4c3=O)cc2)c(OC)c1. The van der Waals surface area contributed by atoms with Gasteiger partial charge in [-0.1, -0.05) is 12.1 Å². The normalized spacial score (nSPS) is 15.4. The van der Waals surface area contributed by atoms with E-state index in [4.69, 9.17) is 9.47 Å². The Labute approximate surface area is 203 Å². The number of aryl methyl sites for hydroxylation is 1. The summed E-state index contributed by atoms with van der Waals surface area (Å²) in [6.45, 7) is 2.48. The second kappa shape index (κ2) is 9.25. The fourth-order valence-corrected chi connectivity index (χ4v) is 4.89. The van der Waals surface area contributed by atoms with Gasteiger partial charge in [0.1, 0.15) is 17.3 Å². The summed E-state index contributed by atoms with van der Waals surface area (Å²) in [7, 11) is 3.25. The van der Waals surface area contributed by atoms with Crippen LogP contribution in [-0.2, 0) is 0 Å². The molecule has 4 aromatic rings. The predicted octanol–water partition coefficient (Wildman–Crippen LogP) is 4.69. The number of fused-ring (bicyclic) bond motifs is 1. The van der Waals surface area contributed by atoms with Crippen LogP contribution in [0, 0.1) is 6.92 Å². The van der Waals surface area contributed by atoms with Crippen LogP contribution in [0.3, 0.4) is 0 Å². The molecule has 1 amide bonds. The Bertz CT molecular complexity index is 1460. The summed E-state index contributed by atoms with van der Waals surface area (Å²) >= 11 is 0. The van der Waals surface area contributed by atoms with Crippen molar-refractivity contribution in [2.45, 2.75) is 25.8 Å². The topological polar surface area (TPSA) is 73.7 Å². The van der Waals surface area contributed by atoms with Gasteiger partial charge in [0.15, 0.2) is 0 Å². The molecule has 1 fully saturated rings. The molecule has 0 N–H and O–H groups in total. The molecule has 5 rings (SSSR count). The molecule has 3 aromatic carbocycles. The van der Waals surface area contributed by atoms with Crippen molar-refractivity contribution in [1.82, 2.24) is 14.5 Å². The Morgan fingerprint density at radius 1 is 1.00 bits per heavy atom. The first-order valence-electron chi connectivity index (χ1n) is 11.6. The van der Waals surface area contributed by atoms with Crippen molar-refractivity contribution < 1.29 is 14.3 Å². The molecule has 178 valence electrons. The van der Waals surface area contributed by atoms with Crippen molar-refractivity contribution >= 4 is 16.8 Å². The van der Waals surface area contributed by atoms with Crippen LogP contribution in [0.2, 0.25) is 0 Å². The number of benzene rings is 3. The zero-order valence-corrected chi connectivity index (χ0v) is 20.0. The average molecular weight is 470 g/mol. The number of amides is 1. The highest BCUT2D eigenvalue weighted by atomic mass is 16.5. The summed E-state index contributed by atoms with van der Waals surface area (Å²) in [6.07, 6.45) is 1.78. The van der Waals surface area contributed by atoms with Gasteiger partial charge in [0.25, 0.3) is 11.5 Å². The minimum absolute atomic E-state index is 0.0439. The lowest BCUT2D eigenvalue weighted by atomic mass is 10.0. The van der Waals surface area contributed by atoms with Crippen LogP contribution < -0.4 is 15.0 Å².